The van der Waals surface area contributed by atoms with E-state index in [1.807, 2.05) is 18.2 Å². The van der Waals surface area contributed by atoms with E-state index in [9.17, 15) is 31.1 Å². The van der Waals surface area contributed by atoms with Gasteiger partial charge in [0.05, 0.1) is 5.57 Å². The lowest BCUT2D eigenvalue weighted by atomic mass is 10.1. The third-order valence-electron chi connectivity index (χ3n) is 5.54. The molecule has 2 aromatic rings. The summed E-state index contributed by atoms with van der Waals surface area (Å²) in [6, 6.07) is 10.0. The van der Waals surface area contributed by atoms with Crippen molar-refractivity contribution in [2.45, 2.75) is 25.8 Å². The molecule has 13 heteroatoms. The van der Waals surface area contributed by atoms with Crippen LogP contribution in [0, 0.1) is 0 Å². The van der Waals surface area contributed by atoms with Crippen LogP contribution in [0.1, 0.15) is 18.3 Å². The van der Waals surface area contributed by atoms with E-state index in [0.29, 0.717) is 26.1 Å². The number of nitrogens with zero attached hydrogens (tertiary/aromatic N) is 5. The Hall–Kier alpha value is -3.71. The summed E-state index contributed by atoms with van der Waals surface area (Å²) in [6.07, 6.45) is -5.99. The zero-order chi connectivity index (χ0) is 27.9. The number of allylic oxidation sites excluding steroid dienone is 5. The van der Waals surface area contributed by atoms with Gasteiger partial charge in [-0.25, -0.2) is 14.7 Å². The van der Waals surface area contributed by atoms with E-state index < -0.39 is 29.4 Å². The van der Waals surface area contributed by atoms with Gasteiger partial charge in [-0.15, -0.1) is 5.10 Å². The Bertz CT molecular complexity index is 1200. The SMILES string of the molecule is C=C(/C=C(\C=C(/C)C(F)(F)F)C(F)(F)F)c1ncn(/C=C\C(=O)NN2CCN(Cc3ccccc3)CC2)n1. The second-order valence-corrected chi connectivity index (χ2v) is 8.54. The van der Waals surface area contributed by atoms with E-state index in [1.165, 1.54) is 17.8 Å². The second kappa shape index (κ2) is 12.2. The number of hydrazine groups is 1. The Balaban J connectivity index is 1.55. The molecule has 0 atom stereocenters. The number of piperazine rings is 1. The number of alkyl halides is 6. The first-order valence-electron chi connectivity index (χ1n) is 11.5. The summed E-state index contributed by atoms with van der Waals surface area (Å²) in [5, 5.41) is 5.69. The maximum atomic E-state index is 13.2. The van der Waals surface area contributed by atoms with Crippen LogP contribution >= 0.6 is 0 Å². The number of halogens is 6. The highest BCUT2D eigenvalue weighted by atomic mass is 19.4. The molecule has 1 aliphatic rings. The first kappa shape index (κ1) is 28.9. The van der Waals surface area contributed by atoms with Gasteiger partial charge in [-0.2, -0.15) is 26.3 Å². The van der Waals surface area contributed by atoms with Crippen LogP contribution in [-0.4, -0.2) is 69.1 Å². The summed E-state index contributed by atoms with van der Waals surface area (Å²) in [5.41, 5.74) is 0.635. The highest BCUT2D eigenvalue weighted by Crippen LogP contribution is 2.33. The van der Waals surface area contributed by atoms with Gasteiger partial charge in [-0.3, -0.25) is 15.1 Å². The molecule has 1 saturated heterocycles. The molecule has 1 amide bonds. The molecule has 204 valence electrons. The maximum absolute atomic E-state index is 13.2. The van der Waals surface area contributed by atoms with Gasteiger partial charge in [0.25, 0.3) is 5.91 Å². The number of carbonyl (C=O) groups excluding carboxylic acids is 1. The Labute approximate surface area is 215 Å². The fourth-order valence-corrected chi connectivity index (χ4v) is 3.46. The predicted octanol–water partition coefficient (Wildman–Crippen LogP) is 4.61. The summed E-state index contributed by atoms with van der Waals surface area (Å²) >= 11 is 0. The fraction of sp³-hybridized carbons (Fsp3) is 0.320. The monoisotopic (exact) mass is 540 g/mol. The van der Waals surface area contributed by atoms with E-state index in [2.05, 4.69) is 39.1 Å². The number of rotatable bonds is 8. The van der Waals surface area contributed by atoms with Crippen LogP contribution in [0.5, 0.6) is 0 Å². The lowest BCUT2D eigenvalue weighted by Crippen LogP contribution is -2.52. The average Bonchev–Trinajstić information content (AvgIpc) is 3.32. The smallest absolute Gasteiger partial charge is 0.296 e. The van der Waals surface area contributed by atoms with Crippen LogP contribution in [-0.2, 0) is 11.3 Å². The molecule has 7 nitrogen and oxygen atoms in total. The van der Waals surface area contributed by atoms with Crippen molar-refractivity contribution in [1.82, 2.24) is 30.1 Å². The lowest BCUT2D eigenvalue weighted by Gasteiger charge is -2.34. The lowest BCUT2D eigenvalue weighted by molar-refractivity contribution is -0.122. The number of benzene rings is 1. The largest absolute Gasteiger partial charge is 0.416 e. The summed E-state index contributed by atoms with van der Waals surface area (Å²) in [6.45, 7) is 7.55. The zero-order valence-electron chi connectivity index (χ0n) is 20.4. The van der Waals surface area contributed by atoms with Crippen molar-refractivity contribution in [3.63, 3.8) is 0 Å². The molecule has 0 spiro atoms. The summed E-state index contributed by atoms with van der Waals surface area (Å²) in [7, 11) is 0. The summed E-state index contributed by atoms with van der Waals surface area (Å²) < 4.78 is 78.9. The molecular formula is C25H26F6N6O. The molecule has 38 heavy (non-hydrogen) atoms. The van der Waals surface area contributed by atoms with E-state index in [-0.39, 0.29) is 17.5 Å². The van der Waals surface area contributed by atoms with Crippen molar-refractivity contribution < 1.29 is 31.1 Å². The van der Waals surface area contributed by atoms with Crippen LogP contribution in [0.3, 0.4) is 0 Å². The summed E-state index contributed by atoms with van der Waals surface area (Å²) in [5.74, 6) is -0.686. The third-order valence-corrected chi connectivity index (χ3v) is 5.54. The molecule has 1 fully saturated rings. The van der Waals surface area contributed by atoms with E-state index in [4.69, 9.17) is 0 Å². The Morgan fingerprint density at radius 3 is 2.29 bits per heavy atom. The van der Waals surface area contributed by atoms with Crippen molar-refractivity contribution in [1.29, 1.82) is 0 Å². The van der Waals surface area contributed by atoms with Gasteiger partial charge in [0.1, 0.15) is 6.33 Å². The molecule has 1 N–H and O–H groups in total. The van der Waals surface area contributed by atoms with E-state index in [0.717, 1.165) is 30.6 Å². The van der Waals surface area contributed by atoms with E-state index in [1.54, 1.807) is 5.01 Å². The van der Waals surface area contributed by atoms with Crippen molar-refractivity contribution in [3.8, 4) is 0 Å². The third kappa shape index (κ3) is 8.70. The number of hydrogen-bond donors (Lipinski definition) is 1. The van der Waals surface area contributed by atoms with E-state index >= 15 is 0 Å². The first-order valence-corrected chi connectivity index (χ1v) is 11.5. The molecule has 0 bridgehead atoms. The van der Waals surface area contributed by atoms with Gasteiger partial charge < -0.3 is 0 Å². The Morgan fingerprint density at radius 2 is 1.68 bits per heavy atom. The van der Waals surface area contributed by atoms with Gasteiger partial charge >= 0.3 is 12.4 Å². The minimum absolute atomic E-state index is 0.00605. The van der Waals surface area contributed by atoms with Gasteiger partial charge in [0, 0.05) is 56.1 Å². The van der Waals surface area contributed by atoms with Gasteiger partial charge in [0.15, 0.2) is 5.82 Å². The predicted molar refractivity (Wildman–Crippen MR) is 130 cm³/mol. The topological polar surface area (TPSA) is 66.3 Å². The van der Waals surface area contributed by atoms with Gasteiger partial charge in [0.2, 0.25) is 0 Å². The van der Waals surface area contributed by atoms with Crippen LogP contribution in [0.15, 0.2) is 72.6 Å². The van der Waals surface area contributed by atoms with Gasteiger partial charge in [-0.1, -0.05) is 36.9 Å². The van der Waals surface area contributed by atoms with Crippen molar-refractivity contribution >= 4 is 17.7 Å². The van der Waals surface area contributed by atoms with Crippen molar-refractivity contribution in [2.75, 3.05) is 26.2 Å². The highest BCUT2D eigenvalue weighted by molar-refractivity contribution is 5.89. The fourth-order valence-electron chi connectivity index (χ4n) is 3.46. The van der Waals surface area contributed by atoms with Crippen molar-refractivity contribution in [2.24, 2.45) is 0 Å². The quantitative estimate of drug-likeness (QED) is 0.301. The molecule has 1 aromatic heterocycles. The van der Waals surface area contributed by atoms with Crippen molar-refractivity contribution in [3.05, 3.63) is 84.0 Å². The molecule has 2 heterocycles. The first-order chi connectivity index (χ1) is 17.8. The average molecular weight is 541 g/mol. The summed E-state index contributed by atoms with van der Waals surface area (Å²) in [4.78, 5) is 18.4. The highest BCUT2D eigenvalue weighted by Gasteiger charge is 2.36. The van der Waals surface area contributed by atoms with Crippen LogP contribution in [0.25, 0.3) is 11.8 Å². The molecule has 1 aliphatic heterocycles. The normalized spacial score (nSPS) is 16.7. The standard InChI is InChI=1S/C25H26F6N6O/c1-18(14-21(25(29,30)31)15-19(2)24(26,27)28)23-32-17-37(34-23)9-8-22(38)33-36-12-10-35(11-13-36)16-20-6-4-3-5-7-20/h3-9,14-15,17H,1,10-13,16H2,2H3,(H,33,38)/b9-8-,19-15+,21-14+. The second-order valence-electron chi connectivity index (χ2n) is 8.54. The number of aromatic nitrogens is 3. The molecule has 0 unspecified atom stereocenters. The number of nitrogens with one attached hydrogen (secondary N) is 1. The Morgan fingerprint density at radius 1 is 1.03 bits per heavy atom. The maximum Gasteiger partial charge on any atom is 0.416 e. The minimum atomic E-state index is -5.05. The minimum Gasteiger partial charge on any atom is -0.296 e. The van der Waals surface area contributed by atoms with Crippen LogP contribution in [0.4, 0.5) is 26.3 Å². The molecule has 1 aromatic carbocycles. The molecule has 0 saturated carbocycles. The number of carbonyl (C=O) groups is 1. The number of hydrogen-bond acceptors (Lipinski definition) is 5. The van der Waals surface area contributed by atoms with Crippen LogP contribution < -0.4 is 5.43 Å². The molecule has 3 rings (SSSR count). The zero-order valence-corrected chi connectivity index (χ0v) is 20.4. The molecule has 0 aliphatic carbocycles. The molecule has 0 radical (unpaired) electrons. The van der Waals surface area contributed by atoms with Gasteiger partial charge in [-0.05, 0) is 24.6 Å². The number of amides is 1. The Kier molecular flexibility index (Phi) is 9.28. The molecular weight excluding hydrogens is 514 g/mol. The van der Waals surface area contributed by atoms with Crippen LogP contribution in [0.2, 0.25) is 0 Å².